The maximum absolute atomic E-state index is 13.2. The number of carbonyl (C=O) groups excluding carboxylic acids is 2. The number of amides is 1. The predicted molar refractivity (Wildman–Crippen MR) is 95.7 cm³/mol. The molecule has 0 aliphatic carbocycles. The topological polar surface area (TPSA) is 55.4 Å². The molecule has 0 fully saturated rings. The van der Waals surface area contributed by atoms with Crippen LogP contribution in [0.3, 0.4) is 0 Å². The summed E-state index contributed by atoms with van der Waals surface area (Å²) in [6.45, 7) is 5.33. The zero-order valence-electron chi connectivity index (χ0n) is 14.6. The summed E-state index contributed by atoms with van der Waals surface area (Å²) in [6.07, 6.45) is 1.05. The highest BCUT2D eigenvalue weighted by Gasteiger charge is 2.12. The normalized spacial score (nSPS) is 11.7. The average molecular weight is 343 g/mol. The Morgan fingerprint density at radius 2 is 1.84 bits per heavy atom. The lowest BCUT2D eigenvalue weighted by atomic mass is 9.99. The molecule has 5 heteroatoms. The van der Waals surface area contributed by atoms with E-state index >= 15 is 0 Å². The number of anilines is 1. The smallest absolute Gasteiger partial charge is 0.262 e. The second-order valence-electron chi connectivity index (χ2n) is 5.96. The van der Waals surface area contributed by atoms with Crippen LogP contribution in [-0.4, -0.2) is 18.3 Å². The summed E-state index contributed by atoms with van der Waals surface area (Å²) in [5, 5.41) is 2.73. The van der Waals surface area contributed by atoms with Crippen molar-refractivity contribution < 1.29 is 18.7 Å². The van der Waals surface area contributed by atoms with Crippen molar-refractivity contribution in [2.24, 2.45) is 0 Å². The summed E-state index contributed by atoms with van der Waals surface area (Å²) in [5.74, 6) is -0.540. The number of hydrogen-bond donors (Lipinski definition) is 1. The zero-order valence-corrected chi connectivity index (χ0v) is 14.6. The molecule has 0 aromatic heterocycles. The highest BCUT2D eigenvalue weighted by atomic mass is 19.1. The fraction of sp³-hybridized carbons (Fsp3) is 0.300. The molecule has 132 valence electrons. The molecule has 0 heterocycles. The second kappa shape index (κ2) is 8.42. The van der Waals surface area contributed by atoms with Crippen molar-refractivity contribution in [1.82, 2.24) is 0 Å². The van der Waals surface area contributed by atoms with E-state index in [1.807, 2.05) is 24.3 Å². The van der Waals surface area contributed by atoms with Crippen molar-refractivity contribution >= 4 is 17.4 Å². The Hall–Kier alpha value is -2.69. The molecular weight excluding hydrogens is 321 g/mol. The van der Waals surface area contributed by atoms with E-state index in [-0.39, 0.29) is 29.6 Å². The SMILES string of the molecule is CCC(C)c1ccc(NC(=O)COc2ccc(F)cc2C(C)=O)cc1. The third kappa shape index (κ3) is 5.14. The molecule has 1 N–H and O–H groups in total. The van der Waals surface area contributed by atoms with Crippen LogP contribution in [0.15, 0.2) is 42.5 Å². The molecule has 1 unspecified atom stereocenters. The fourth-order valence-electron chi connectivity index (χ4n) is 2.37. The van der Waals surface area contributed by atoms with Crippen molar-refractivity contribution in [3.05, 3.63) is 59.4 Å². The molecule has 4 nitrogen and oxygen atoms in total. The molecule has 0 bridgehead atoms. The molecular formula is C20H22FNO3. The van der Waals surface area contributed by atoms with E-state index in [9.17, 15) is 14.0 Å². The number of halogens is 1. The molecule has 2 aromatic rings. The van der Waals surface area contributed by atoms with E-state index < -0.39 is 5.82 Å². The van der Waals surface area contributed by atoms with Crippen molar-refractivity contribution in [1.29, 1.82) is 0 Å². The van der Waals surface area contributed by atoms with Gasteiger partial charge in [-0.05, 0) is 55.2 Å². The summed E-state index contributed by atoms with van der Waals surface area (Å²) >= 11 is 0. The van der Waals surface area contributed by atoms with E-state index in [2.05, 4.69) is 19.2 Å². The fourth-order valence-corrected chi connectivity index (χ4v) is 2.37. The lowest BCUT2D eigenvalue weighted by Gasteiger charge is -2.12. The molecule has 0 saturated heterocycles. The zero-order chi connectivity index (χ0) is 18.4. The third-order valence-corrected chi connectivity index (χ3v) is 4.06. The van der Waals surface area contributed by atoms with Crippen LogP contribution in [0.4, 0.5) is 10.1 Å². The second-order valence-corrected chi connectivity index (χ2v) is 5.96. The lowest BCUT2D eigenvalue weighted by molar-refractivity contribution is -0.118. The number of rotatable bonds is 7. The molecule has 0 radical (unpaired) electrons. The molecule has 1 amide bonds. The third-order valence-electron chi connectivity index (χ3n) is 4.06. The quantitative estimate of drug-likeness (QED) is 0.750. The van der Waals surface area contributed by atoms with E-state index in [0.29, 0.717) is 11.6 Å². The van der Waals surface area contributed by atoms with Gasteiger partial charge in [-0.3, -0.25) is 9.59 Å². The number of Topliss-reactive ketones (excluding diaryl/α,β-unsaturated/α-hetero) is 1. The Kier molecular flexibility index (Phi) is 6.28. The van der Waals surface area contributed by atoms with Crippen LogP contribution in [0.1, 0.15) is 49.0 Å². The molecule has 0 aliphatic heterocycles. The van der Waals surface area contributed by atoms with E-state index in [0.717, 1.165) is 12.5 Å². The van der Waals surface area contributed by atoms with Crippen LogP contribution in [0, 0.1) is 5.82 Å². The van der Waals surface area contributed by atoms with E-state index in [1.165, 1.54) is 24.6 Å². The maximum atomic E-state index is 13.2. The summed E-state index contributed by atoms with van der Waals surface area (Å²) in [4.78, 5) is 23.5. The van der Waals surface area contributed by atoms with Gasteiger partial charge in [0.05, 0.1) is 5.56 Å². The number of carbonyl (C=O) groups is 2. The van der Waals surface area contributed by atoms with Crippen LogP contribution >= 0.6 is 0 Å². The first-order valence-corrected chi connectivity index (χ1v) is 8.23. The van der Waals surface area contributed by atoms with E-state index in [4.69, 9.17) is 4.74 Å². The summed E-state index contributed by atoms with van der Waals surface area (Å²) in [6, 6.07) is 11.3. The highest BCUT2D eigenvalue weighted by molar-refractivity contribution is 5.97. The first kappa shape index (κ1) is 18.6. The predicted octanol–water partition coefficient (Wildman–Crippen LogP) is 4.56. The van der Waals surface area contributed by atoms with Crippen molar-refractivity contribution in [3.8, 4) is 5.75 Å². The minimum Gasteiger partial charge on any atom is -0.483 e. The number of benzene rings is 2. The summed E-state index contributed by atoms with van der Waals surface area (Å²) in [7, 11) is 0. The number of ketones is 1. The summed E-state index contributed by atoms with van der Waals surface area (Å²) in [5.41, 5.74) is 2.01. The van der Waals surface area contributed by atoms with Gasteiger partial charge in [0, 0.05) is 5.69 Å². The van der Waals surface area contributed by atoms with Gasteiger partial charge >= 0.3 is 0 Å². The molecule has 0 spiro atoms. The number of ether oxygens (including phenoxy) is 1. The molecule has 1 atom stereocenters. The first-order chi connectivity index (χ1) is 11.9. The molecule has 0 aliphatic rings. The van der Waals surface area contributed by atoms with Crippen LogP contribution in [0.25, 0.3) is 0 Å². The van der Waals surface area contributed by atoms with Crippen LogP contribution in [0.5, 0.6) is 5.75 Å². The van der Waals surface area contributed by atoms with Gasteiger partial charge < -0.3 is 10.1 Å². The van der Waals surface area contributed by atoms with Gasteiger partial charge in [0.2, 0.25) is 0 Å². The van der Waals surface area contributed by atoms with Gasteiger partial charge in [-0.25, -0.2) is 4.39 Å². The van der Waals surface area contributed by atoms with Crippen molar-refractivity contribution in [2.75, 3.05) is 11.9 Å². The van der Waals surface area contributed by atoms with Gasteiger partial charge in [-0.2, -0.15) is 0 Å². The van der Waals surface area contributed by atoms with Crippen LogP contribution in [-0.2, 0) is 4.79 Å². The first-order valence-electron chi connectivity index (χ1n) is 8.23. The number of nitrogens with one attached hydrogen (secondary N) is 1. The van der Waals surface area contributed by atoms with Crippen molar-refractivity contribution in [3.63, 3.8) is 0 Å². The average Bonchev–Trinajstić information content (AvgIpc) is 2.60. The molecule has 2 aromatic carbocycles. The highest BCUT2D eigenvalue weighted by Crippen LogP contribution is 2.22. The Morgan fingerprint density at radius 3 is 2.44 bits per heavy atom. The Labute approximate surface area is 147 Å². The lowest BCUT2D eigenvalue weighted by Crippen LogP contribution is -2.20. The molecule has 2 rings (SSSR count). The molecule has 25 heavy (non-hydrogen) atoms. The minimum atomic E-state index is -0.525. The van der Waals surface area contributed by atoms with Crippen LogP contribution < -0.4 is 10.1 Å². The van der Waals surface area contributed by atoms with Gasteiger partial charge in [0.1, 0.15) is 11.6 Å². The maximum Gasteiger partial charge on any atom is 0.262 e. The van der Waals surface area contributed by atoms with Gasteiger partial charge in [0.15, 0.2) is 12.4 Å². The Bertz CT molecular complexity index is 756. The van der Waals surface area contributed by atoms with Gasteiger partial charge in [-0.15, -0.1) is 0 Å². The Morgan fingerprint density at radius 1 is 1.16 bits per heavy atom. The van der Waals surface area contributed by atoms with Gasteiger partial charge in [-0.1, -0.05) is 26.0 Å². The van der Waals surface area contributed by atoms with Gasteiger partial charge in [0.25, 0.3) is 5.91 Å². The largest absolute Gasteiger partial charge is 0.483 e. The van der Waals surface area contributed by atoms with E-state index in [1.54, 1.807) is 0 Å². The monoisotopic (exact) mass is 343 g/mol. The van der Waals surface area contributed by atoms with Crippen molar-refractivity contribution in [2.45, 2.75) is 33.1 Å². The standard InChI is InChI=1S/C20H22FNO3/c1-4-13(2)15-5-8-17(9-6-15)22-20(24)12-25-19-10-7-16(21)11-18(19)14(3)23/h5-11,13H,4,12H2,1-3H3,(H,22,24). The number of hydrogen-bond acceptors (Lipinski definition) is 3. The Balaban J connectivity index is 1.96. The summed E-state index contributed by atoms with van der Waals surface area (Å²) < 4.78 is 18.6. The van der Waals surface area contributed by atoms with Crippen LogP contribution in [0.2, 0.25) is 0 Å². The minimum absolute atomic E-state index is 0.116. The molecule has 0 saturated carbocycles.